The number of nitrogens with one attached hydrogen (secondary N) is 1. The molecule has 2 N–H and O–H groups in total. The van der Waals surface area contributed by atoms with E-state index in [-0.39, 0.29) is 23.4 Å². The Balaban J connectivity index is 1.46. The second-order valence-electron chi connectivity index (χ2n) is 8.31. The molecule has 0 spiro atoms. The molecule has 3 heterocycles. The standard InChI is InChI=1S/C25H25NO4/c1-16-18(13-17-7-3-4-8-22(17)29-16)14-23-24(28)19-9-10-21(27)20(25(19)30-23)15-26-11-5-2-6-12-26/h3-4,7-10,13-14,16,27H,2,5-6,11-12,15H2,1H3/p+1/b23-14-/t16-/m1/s1. The van der Waals surface area contributed by atoms with Crippen LogP contribution in [0.1, 0.15) is 47.7 Å². The van der Waals surface area contributed by atoms with Gasteiger partial charge in [0.15, 0.2) is 11.5 Å². The number of piperidine rings is 1. The quantitative estimate of drug-likeness (QED) is 0.771. The lowest BCUT2D eigenvalue weighted by Crippen LogP contribution is -3.11. The summed E-state index contributed by atoms with van der Waals surface area (Å²) in [7, 11) is 0. The van der Waals surface area contributed by atoms with Crippen molar-refractivity contribution in [1.29, 1.82) is 0 Å². The number of fused-ring (bicyclic) bond motifs is 2. The van der Waals surface area contributed by atoms with Gasteiger partial charge in [-0.25, -0.2) is 0 Å². The average Bonchev–Trinajstić information content (AvgIpc) is 3.07. The molecule has 0 saturated carbocycles. The van der Waals surface area contributed by atoms with E-state index >= 15 is 0 Å². The van der Waals surface area contributed by atoms with E-state index in [9.17, 15) is 9.90 Å². The van der Waals surface area contributed by atoms with Gasteiger partial charge < -0.3 is 19.5 Å². The van der Waals surface area contributed by atoms with Crippen LogP contribution < -0.4 is 14.4 Å². The Morgan fingerprint density at radius 3 is 2.77 bits per heavy atom. The van der Waals surface area contributed by atoms with Gasteiger partial charge in [-0.2, -0.15) is 0 Å². The van der Waals surface area contributed by atoms with Crippen molar-refractivity contribution in [2.24, 2.45) is 0 Å². The summed E-state index contributed by atoms with van der Waals surface area (Å²) in [6, 6.07) is 11.1. The Morgan fingerprint density at radius 2 is 1.93 bits per heavy atom. The van der Waals surface area contributed by atoms with E-state index in [1.54, 1.807) is 18.2 Å². The highest BCUT2D eigenvalue weighted by atomic mass is 16.5. The lowest BCUT2D eigenvalue weighted by atomic mass is 10.00. The molecule has 0 unspecified atom stereocenters. The van der Waals surface area contributed by atoms with Gasteiger partial charge in [0.25, 0.3) is 0 Å². The maximum atomic E-state index is 13.0. The van der Waals surface area contributed by atoms with Crippen LogP contribution in [0.15, 0.2) is 53.8 Å². The molecule has 5 nitrogen and oxygen atoms in total. The number of phenols is 1. The van der Waals surface area contributed by atoms with Crippen molar-refractivity contribution in [2.75, 3.05) is 13.1 Å². The molecule has 5 rings (SSSR count). The number of quaternary nitrogens is 1. The van der Waals surface area contributed by atoms with E-state index < -0.39 is 0 Å². The van der Waals surface area contributed by atoms with Gasteiger partial charge in [0, 0.05) is 5.56 Å². The number of allylic oxidation sites excluding steroid dienone is 1. The molecule has 2 aromatic carbocycles. The Labute approximate surface area is 176 Å². The third-order valence-corrected chi connectivity index (χ3v) is 6.22. The average molecular weight is 404 g/mol. The summed E-state index contributed by atoms with van der Waals surface area (Å²) < 4.78 is 12.0. The zero-order chi connectivity index (χ0) is 20.7. The van der Waals surface area contributed by atoms with Crippen LogP contribution in [0.2, 0.25) is 0 Å². The Hall–Kier alpha value is -3.05. The van der Waals surface area contributed by atoms with E-state index in [1.807, 2.05) is 37.3 Å². The van der Waals surface area contributed by atoms with Gasteiger partial charge in [-0.1, -0.05) is 18.2 Å². The summed E-state index contributed by atoms with van der Waals surface area (Å²) in [5, 5.41) is 10.5. The number of hydrogen-bond donors (Lipinski definition) is 2. The number of ketones is 1. The zero-order valence-electron chi connectivity index (χ0n) is 17.1. The van der Waals surface area contributed by atoms with Gasteiger partial charge in [0.2, 0.25) is 5.78 Å². The molecule has 154 valence electrons. The molecular formula is C25H26NO4+. The monoisotopic (exact) mass is 404 g/mol. The van der Waals surface area contributed by atoms with Crippen LogP contribution in [-0.4, -0.2) is 30.1 Å². The summed E-state index contributed by atoms with van der Waals surface area (Å²) in [5.41, 5.74) is 3.12. The van der Waals surface area contributed by atoms with Gasteiger partial charge in [-0.05, 0) is 62.1 Å². The molecule has 0 aliphatic carbocycles. The van der Waals surface area contributed by atoms with Crippen molar-refractivity contribution in [1.82, 2.24) is 0 Å². The smallest absolute Gasteiger partial charge is 0.231 e. The third-order valence-electron chi connectivity index (χ3n) is 6.22. The number of phenolic OH excluding ortho intramolecular Hbond substituents is 1. The van der Waals surface area contributed by atoms with Crippen molar-refractivity contribution in [2.45, 2.75) is 38.8 Å². The van der Waals surface area contributed by atoms with Crippen LogP contribution in [0.3, 0.4) is 0 Å². The van der Waals surface area contributed by atoms with Crippen molar-refractivity contribution in [3.05, 3.63) is 70.5 Å². The van der Waals surface area contributed by atoms with Crippen LogP contribution >= 0.6 is 0 Å². The minimum Gasteiger partial charge on any atom is -0.507 e. The normalized spacial score (nSPS) is 22.2. The Kier molecular flexibility index (Phi) is 4.83. The van der Waals surface area contributed by atoms with Crippen LogP contribution in [0.5, 0.6) is 17.2 Å². The number of benzene rings is 2. The van der Waals surface area contributed by atoms with E-state index in [4.69, 9.17) is 9.47 Å². The Morgan fingerprint density at radius 1 is 1.13 bits per heavy atom. The number of rotatable bonds is 3. The zero-order valence-corrected chi connectivity index (χ0v) is 17.1. The molecule has 0 bridgehead atoms. The van der Waals surface area contributed by atoms with Crippen molar-refractivity contribution in [3.8, 4) is 17.2 Å². The Bertz CT molecular complexity index is 1060. The number of carbonyl (C=O) groups excluding carboxylic acids is 1. The van der Waals surface area contributed by atoms with Crippen molar-refractivity contribution in [3.63, 3.8) is 0 Å². The summed E-state index contributed by atoms with van der Waals surface area (Å²) in [4.78, 5) is 14.5. The first-order valence-electron chi connectivity index (χ1n) is 10.7. The lowest BCUT2D eigenvalue weighted by molar-refractivity contribution is -0.918. The maximum absolute atomic E-state index is 13.0. The number of carbonyl (C=O) groups is 1. The van der Waals surface area contributed by atoms with Crippen LogP contribution in [0.25, 0.3) is 6.08 Å². The summed E-state index contributed by atoms with van der Waals surface area (Å²) in [6.45, 7) is 4.80. The largest absolute Gasteiger partial charge is 0.507 e. The van der Waals surface area contributed by atoms with Gasteiger partial charge in [0.1, 0.15) is 24.1 Å². The molecule has 0 radical (unpaired) electrons. The molecule has 3 aliphatic rings. The van der Waals surface area contributed by atoms with E-state index in [0.29, 0.717) is 17.9 Å². The second-order valence-corrected chi connectivity index (χ2v) is 8.31. The highest BCUT2D eigenvalue weighted by Gasteiger charge is 2.33. The SMILES string of the molecule is C[C@H]1Oc2ccccc2C=C1/C=C1\Oc2c(ccc(O)c2C[NH+]2CCCCC2)C1=O. The fourth-order valence-corrected chi connectivity index (χ4v) is 4.52. The highest BCUT2D eigenvalue weighted by Crippen LogP contribution is 2.40. The number of hydrogen-bond acceptors (Lipinski definition) is 4. The first kappa shape index (κ1) is 18.9. The molecule has 30 heavy (non-hydrogen) atoms. The van der Waals surface area contributed by atoms with Gasteiger partial charge in [0.05, 0.1) is 24.2 Å². The fourth-order valence-electron chi connectivity index (χ4n) is 4.52. The summed E-state index contributed by atoms with van der Waals surface area (Å²) >= 11 is 0. The van der Waals surface area contributed by atoms with E-state index in [2.05, 4.69) is 0 Å². The minimum atomic E-state index is -0.182. The third kappa shape index (κ3) is 3.39. The number of ether oxygens (including phenoxy) is 2. The van der Waals surface area contributed by atoms with Crippen LogP contribution in [-0.2, 0) is 6.54 Å². The second kappa shape index (κ2) is 7.65. The number of likely N-dealkylation sites (tertiary alicyclic amines) is 1. The minimum absolute atomic E-state index is 0.146. The first-order chi connectivity index (χ1) is 14.6. The lowest BCUT2D eigenvalue weighted by Gasteiger charge is -2.24. The maximum Gasteiger partial charge on any atom is 0.231 e. The van der Waals surface area contributed by atoms with Gasteiger partial charge in [-0.15, -0.1) is 0 Å². The van der Waals surface area contributed by atoms with E-state index in [0.717, 1.165) is 35.5 Å². The first-order valence-corrected chi connectivity index (χ1v) is 10.7. The number of para-hydroxylation sites is 1. The number of aromatic hydroxyl groups is 1. The van der Waals surface area contributed by atoms with Gasteiger partial charge in [-0.3, -0.25) is 4.79 Å². The predicted molar refractivity (Wildman–Crippen MR) is 114 cm³/mol. The molecule has 1 fully saturated rings. The molecule has 0 amide bonds. The van der Waals surface area contributed by atoms with Crippen LogP contribution in [0.4, 0.5) is 0 Å². The fraction of sp³-hybridized carbons (Fsp3) is 0.320. The summed E-state index contributed by atoms with van der Waals surface area (Å²) in [5.74, 6) is 1.68. The topological polar surface area (TPSA) is 60.2 Å². The van der Waals surface area contributed by atoms with E-state index in [1.165, 1.54) is 24.2 Å². The predicted octanol–water partition coefficient (Wildman–Crippen LogP) is 3.28. The molecule has 0 aromatic heterocycles. The van der Waals surface area contributed by atoms with Crippen molar-refractivity contribution >= 4 is 11.9 Å². The summed E-state index contributed by atoms with van der Waals surface area (Å²) in [6.07, 6.45) is 7.29. The van der Waals surface area contributed by atoms with Gasteiger partial charge >= 0.3 is 0 Å². The molecule has 2 aromatic rings. The molecule has 1 saturated heterocycles. The van der Waals surface area contributed by atoms with Crippen molar-refractivity contribution < 1.29 is 24.3 Å². The highest BCUT2D eigenvalue weighted by molar-refractivity contribution is 6.13. The van der Waals surface area contributed by atoms with Crippen LogP contribution in [0, 0.1) is 0 Å². The molecule has 1 atom stereocenters. The number of Topliss-reactive ketones (excluding diaryl/α,β-unsaturated/α-hetero) is 1. The molecular weight excluding hydrogens is 378 g/mol. The molecule has 5 heteroatoms. The molecule has 3 aliphatic heterocycles.